The van der Waals surface area contributed by atoms with Crippen molar-refractivity contribution < 1.29 is 19.8 Å². The van der Waals surface area contributed by atoms with Crippen LogP contribution in [0.2, 0.25) is 0 Å². The van der Waals surface area contributed by atoms with Crippen LogP contribution < -0.4 is 5.73 Å². The fraction of sp³-hybridized carbons (Fsp3) is 0.778. The first-order valence-corrected chi connectivity index (χ1v) is 4.42. The summed E-state index contributed by atoms with van der Waals surface area (Å²) in [6, 6.07) is -0.183. The average molecular weight is 205 g/mol. The number of rotatable bonds is 4. The second-order valence-electron chi connectivity index (χ2n) is 3.51. The van der Waals surface area contributed by atoms with E-state index in [1.54, 1.807) is 0 Å². The van der Waals surface area contributed by atoms with Crippen LogP contribution in [0.3, 0.4) is 0 Å². The smallest absolute Gasteiger partial charge is 0.304 e. The summed E-state index contributed by atoms with van der Waals surface area (Å²) >= 11 is 0. The van der Waals surface area contributed by atoms with Crippen molar-refractivity contribution in [2.24, 2.45) is 11.7 Å². The zero-order valence-electron chi connectivity index (χ0n) is 8.86. The lowest BCUT2D eigenvalue weighted by atomic mass is 10.0. The highest BCUT2D eigenvalue weighted by molar-refractivity contribution is 5.67. The van der Waals surface area contributed by atoms with E-state index in [9.17, 15) is 4.79 Å². The maximum atomic E-state index is 10.1. The Hall–Kier alpha value is -1.10. The molecule has 0 aliphatic rings. The van der Waals surface area contributed by atoms with Gasteiger partial charge in [0.05, 0.1) is 6.42 Å². The second kappa shape index (κ2) is 8.50. The topological polar surface area (TPSA) is 101 Å². The van der Waals surface area contributed by atoms with Gasteiger partial charge >= 0.3 is 5.97 Å². The van der Waals surface area contributed by atoms with Gasteiger partial charge in [-0.3, -0.25) is 9.59 Å². The van der Waals surface area contributed by atoms with Crippen LogP contribution in [0.5, 0.6) is 0 Å². The molecule has 0 spiro atoms. The summed E-state index contributed by atoms with van der Waals surface area (Å²) in [5, 5.41) is 15.7. The fourth-order valence-corrected chi connectivity index (χ4v) is 0.913. The van der Waals surface area contributed by atoms with E-state index in [2.05, 4.69) is 0 Å². The highest BCUT2D eigenvalue weighted by Gasteiger charge is 2.08. The molecule has 0 fully saturated rings. The molecule has 0 aliphatic carbocycles. The van der Waals surface area contributed by atoms with E-state index in [0.29, 0.717) is 5.92 Å². The third-order valence-corrected chi connectivity index (χ3v) is 1.21. The lowest BCUT2D eigenvalue weighted by Gasteiger charge is -2.10. The van der Waals surface area contributed by atoms with Crippen LogP contribution in [0.1, 0.15) is 33.6 Å². The van der Waals surface area contributed by atoms with Gasteiger partial charge < -0.3 is 15.9 Å². The van der Waals surface area contributed by atoms with E-state index in [4.69, 9.17) is 20.7 Å². The highest BCUT2D eigenvalue weighted by Crippen LogP contribution is 2.04. The summed E-state index contributed by atoms with van der Waals surface area (Å²) in [7, 11) is 0. The SMILES string of the molecule is CC(=O)O.CC(C)CC(N)CC(=O)O. The molecule has 0 saturated carbocycles. The molecule has 0 aromatic carbocycles. The number of aliphatic carboxylic acids is 2. The fourth-order valence-electron chi connectivity index (χ4n) is 0.913. The highest BCUT2D eigenvalue weighted by atomic mass is 16.4. The minimum absolute atomic E-state index is 0.0815. The van der Waals surface area contributed by atoms with E-state index in [0.717, 1.165) is 13.3 Å². The molecule has 14 heavy (non-hydrogen) atoms. The van der Waals surface area contributed by atoms with Crippen molar-refractivity contribution in [2.75, 3.05) is 0 Å². The van der Waals surface area contributed by atoms with Crippen molar-refractivity contribution in [3.8, 4) is 0 Å². The molecule has 0 heterocycles. The van der Waals surface area contributed by atoms with Gasteiger partial charge in [-0.15, -0.1) is 0 Å². The number of hydrogen-bond donors (Lipinski definition) is 3. The molecule has 4 N–H and O–H groups in total. The van der Waals surface area contributed by atoms with E-state index >= 15 is 0 Å². The summed E-state index contributed by atoms with van der Waals surface area (Å²) in [5.41, 5.74) is 5.49. The molecule has 0 aromatic rings. The van der Waals surface area contributed by atoms with E-state index in [1.807, 2.05) is 13.8 Å². The molecule has 5 nitrogen and oxygen atoms in total. The monoisotopic (exact) mass is 205 g/mol. The predicted octanol–water partition coefficient (Wildman–Crippen LogP) is 0.925. The van der Waals surface area contributed by atoms with Crippen LogP contribution in [0.15, 0.2) is 0 Å². The molecule has 1 unspecified atom stereocenters. The van der Waals surface area contributed by atoms with E-state index in [1.165, 1.54) is 0 Å². The molecule has 84 valence electrons. The third kappa shape index (κ3) is 22.4. The number of carboxylic acids is 2. The molecule has 0 saturated heterocycles. The number of hydrogen-bond acceptors (Lipinski definition) is 3. The van der Waals surface area contributed by atoms with Gasteiger partial charge in [0, 0.05) is 13.0 Å². The van der Waals surface area contributed by atoms with Crippen molar-refractivity contribution in [1.82, 2.24) is 0 Å². The molecule has 0 rings (SSSR count). The Labute approximate surface area is 83.9 Å². The molecular weight excluding hydrogens is 186 g/mol. The van der Waals surface area contributed by atoms with E-state index in [-0.39, 0.29) is 12.5 Å². The van der Waals surface area contributed by atoms with Crippen molar-refractivity contribution in [2.45, 2.75) is 39.7 Å². The molecular formula is C9H19NO4. The van der Waals surface area contributed by atoms with E-state index < -0.39 is 11.9 Å². The average Bonchev–Trinajstić information content (AvgIpc) is 1.79. The zero-order chi connectivity index (χ0) is 11.7. The number of nitrogens with two attached hydrogens (primary N) is 1. The third-order valence-electron chi connectivity index (χ3n) is 1.21. The summed E-state index contributed by atoms with van der Waals surface area (Å²) in [6.07, 6.45) is 0.866. The molecule has 1 atom stereocenters. The number of carbonyl (C=O) groups is 2. The summed E-state index contributed by atoms with van der Waals surface area (Å²) in [6.45, 7) is 5.14. The maximum Gasteiger partial charge on any atom is 0.304 e. The Morgan fingerprint density at radius 1 is 1.29 bits per heavy atom. The standard InChI is InChI=1S/C7H15NO2.C2H4O2/c1-5(2)3-6(8)4-7(9)10;1-2(3)4/h5-6H,3-4,8H2,1-2H3,(H,9,10);1H3,(H,3,4). The Balaban J connectivity index is 0. The quantitative estimate of drug-likeness (QED) is 0.633. The summed E-state index contributed by atoms with van der Waals surface area (Å²) in [5.74, 6) is -1.16. The largest absolute Gasteiger partial charge is 0.481 e. The Morgan fingerprint density at radius 2 is 1.64 bits per heavy atom. The van der Waals surface area contributed by atoms with Gasteiger partial charge in [-0.05, 0) is 12.3 Å². The number of carboxylic acid groups (broad SMARTS) is 2. The van der Waals surface area contributed by atoms with Gasteiger partial charge in [0.25, 0.3) is 5.97 Å². The van der Waals surface area contributed by atoms with Gasteiger partial charge in [-0.25, -0.2) is 0 Å². The molecule has 0 radical (unpaired) electrons. The van der Waals surface area contributed by atoms with Crippen LogP contribution in [-0.4, -0.2) is 28.2 Å². The first-order valence-electron chi connectivity index (χ1n) is 4.42. The van der Waals surface area contributed by atoms with Crippen LogP contribution >= 0.6 is 0 Å². The summed E-state index contributed by atoms with van der Waals surface area (Å²) in [4.78, 5) is 19.1. The summed E-state index contributed by atoms with van der Waals surface area (Å²) < 4.78 is 0. The molecule has 0 aromatic heterocycles. The maximum absolute atomic E-state index is 10.1. The van der Waals surface area contributed by atoms with Crippen molar-refractivity contribution >= 4 is 11.9 Å². The first kappa shape index (κ1) is 15.4. The van der Waals surface area contributed by atoms with Gasteiger partial charge in [0.2, 0.25) is 0 Å². The van der Waals surface area contributed by atoms with Crippen molar-refractivity contribution in [3.63, 3.8) is 0 Å². The minimum atomic E-state index is -0.833. The van der Waals surface area contributed by atoms with Crippen LogP contribution in [0.4, 0.5) is 0 Å². The Kier molecular flexibility index (Phi) is 9.33. The van der Waals surface area contributed by atoms with Crippen molar-refractivity contribution in [1.29, 1.82) is 0 Å². The van der Waals surface area contributed by atoms with Crippen LogP contribution in [0, 0.1) is 5.92 Å². The van der Waals surface area contributed by atoms with Gasteiger partial charge in [0.1, 0.15) is 0 Å². The Morgan fingerprint density at radius 3 is 1.86 bits per heavy atom. The molecule has 0 amide bonds. The predicted molar refractivity (Wildman–Crippen MR) is 53.0 cm³/mol. The second-order valence-corrected chi connectivity index (χ2v) is 3.51. The van der Waals surface area contributed by atoms with Crippen molar-refractivity contribution in [3.05, 3.63) is 0 Å². The molecule has 0 bridgehead atoms. The molecule has 5 heteroatoms. The van der Waals surface area contributed by atoms with Gasteiger partial charge in [-0.2, -0.15) is 0 Å². The minimum Gasteiger partial charge on any atom is -0.481 e. The zero-order valence-corrected chi connectivity index (χ0v) is 8.86. The lowest BCUT2D eigenvalue weighted by Crippen LogP contribution is -2.25. The first-order chi connectivity index (χ1) is 6.25. The van der Waals surface area contributed by atoms with Gasteiger partial charge in [0.15, 0.2) is 0 Å². The van der Waals surface area contributed by atoms with Crippen LogP contribution in [0.25, 0.3) is 0 Å². The normalized spacial score (nSPS) is 11.5. The van der Waals surface area contributed by atoms with Gasteiger partial charge in [-0.1, -0.05) is 13.8 Å². The lowest BCUT2D eigenvalue weighted by molar-refractivity contribution is -0.137. The molecule has 0 aliphatic heterocycles. The Bertz CT molecular complexity index is 176. The van der Waals surface area contributed by atoms with Crippen LogP contribution in [-0.2, 0) is 9.59 Å².